The molecule has 1 aliphatic heterocycles. The SMILES string of the molecule is Cc1c([N+](=O)[O-])cnc(NC(C)C2CCOCC2)c1Br. The van der Waals surface area contributed by atoms with Crippen LogP contribution in [-0.4, -0.2) is 29.2 Å². The van der Waals surface area contributed by atoms with E-state index in [0.29, 0.717) is 21.8 Å². The summed E-state index contributed by atoms with van der Waals surface area (Å²) in [5.74, 6) is 1.19. The minimum Gasteiger partial charge on any atom is -0.381 e. The number of nitrogens with zero attached hydrogens (tertiary/aromatic N) is 2. The molecule has 0 amide bonds. The largest absolute Gasteiger partial charge is 0.381 e. The summed E-state index contributed by atoms with van der Waals surface area (Å²) in [4.78, 5) is 14.6. The summed E-state index contributed by atoms with van der Waals surface area (Å²) in [5, 5.41) is 14.2. The summed E-state index contributed by atoms with van der Waals surface area (Å²) >= 11 is 3.40. The summed E-state index contributed by atoms with van der Waals surface area (Å²) in [7, 11) is 0. The van der Waals surface area contributed by atoms with Crippen LogP contribution in [0, 0.1) is 23.0 Å². The topological polar surface area (TPSA) is 77.3 Å². The van der Waals surface area contributed by atoms with Crippen LogP contribution in [0.3, 0.4) is 0 Å². The van der Waals surface area contributed by atoms with Crippen LogP contribution in [0.15, 0.2) is 10.7 Å². The Morgan fingerprint density at radius 2 is 2.20 bits per heavy atom. The highest BCUT2D eigenvalue weighted by Crippen LogP contribution is 2.32. The first-order chi connectivity index (χ1) is 9.50. The summed E-state index contributed by atoms with van der Waals surface area (Å²) < 4.78 is 6.02. The molecule has 2 rings (SSSR count). The molecule has 2 heterocycles. The van der Waals surface area contributed by atoms with Crippen LogP contribution in [0.25, 0.3) is 0 Å². The van der Waals surface area contributed by atoms with Gasteiger partial charge in [-0.1, -0.05) is 0 Å². The van der Waals surface area contributed by atoms with E-state index >= 15 is 0 Å². The maximum Gasteiger partial charge on any atom is 0.291 e. The number of hydrogen-bond donors (Lipinski definition) is 1. The Labute approximate surface area is 126 Å². The number of halogens is 1. The smallest absolute Gasteiger partial charge is 0.291 e. The van der Waals surface area contributed by atoms with Crippen molar-refractivity contribution >= 4 is 27.4 Å². The molecule has 0 bridgehead atoms. The van der Waals surface area contributed by atoms with Gasteiger partial charge in [0.15, 0.2) is 0 Å². The molecule has 6 nitrogen and oxygen atoms in total. The van der Waals surface area contributed by atoms with Gasteiger partial charge in [0.2, 0.25) is 0 Å². The Hall–Kier alpha value is -1.21. The summed E-state index contributed by atoms with van der Waals surface area (Å²) in [6, 6.07) is 0.253. The monoisotopic (exact) mass is 343 g/mol. The Balaban J connectivity index is 2.13. The summed E-state index contributed by atoms with van der Waals surface area (Å²) in [6.07, 6.45) is 3.36. The van der Waals surface area contributed by atoms with Crippen molar-refractivity contribution in [1.29, 1.82) is 0 Å². The van der Waals surface area contributed by atoms with Gasteiger partial charge >= 0.3 is 0 Å². The van der Waals surface area contributed by atoms with Crippen LogP contribution >= 0.6 is 15.9 Å². The molecule has 1 aromatic heterocycles. The van der Waals surface area contributed by atoms with Crippen molar-refractivity contribution < 1.29 is 9.66 Å². The number of nitro groups is 1. The Bertz CT molecular complexity index is 504. The highest BCUT2D eigenvalue weighted by atomic mass is 79.9. The zero-order valence-electron chi connectivity index (χ0n) is 11.6. The highest BCUT2D eigenvalue weighted by molar-refractivity contribution is 9.10. The molecule has 0 radical (unpaired) electrons. The van der Waals surface area contributed by atoms with E-state index in [9.17, 15) is 10.1 Å². The van der Waals surface area contributed by atoms with Gasteiger partial charge in [0.25, 0.3) is 5.69 Å². The molecule has 1 saturated heterocycles. The minimum atomic E-state index is -0.418. The van der Waals surface area contributed by atoms with Crippen molar-refractivity contribution in [3.05, 3.63) is 26.3 Å². The van der Waals surface area contributed by atoms with E-state index in [4.69, 9.17) is 4.74 Å². The van der Waals surface area contributed by atoms with Gasteiger partial charge in [-0.3, -0.25) is 10.1 Å². The number of ether oxygens (including phenoxy) is 1. The van der Waals surface area contributed by atoms with Crippen molar-refractivity contribution in [2.75, 3.05) is 18.5 Å². The summed E-state index contributed by atoms with van der Waals surface area (Å²) in [6.45, 7) is 5.42. The number of nitrogens with one attached hydrogen (secondary N) is 1. The summed E-state index contributed by atoms with van der Waals surface area (Å²) in [5.41, 5.74) is 0.618. The van der Waals surface area contributed by atoms with Crippen molar-refractivity contribution in [2.45, 2.75) is 32.7 Å². The highest BCUT2D eigenvalue weighted by Gasteiger charge is 2.23. The lowest BCUT2D eigenvalue weighted by molar-refractivity contribution is -0.385. The first-order valence-corrected chi connectivity index (χ1v) is 7.43. The maximum atomic E-state index is 10.9. The van der Waals surface area contributed by atoms with Gasteiger partial charge in [-0.05, 0) is 48.5 Å². The first-order valence-electron chi connectivity index (χ1n) is 6.64. The molecule has 0 saturated carbocycles. The van der Waals surface area contributed by atoms with Crippen molar-refractivity contribution in [3.8, 4) is 0 Å². The number of pyridine rings is 1. The molecule has 0 aromatic carbocycles. The van der Waals surface area contributed by atoms with Gasteiger partial charge in [-0.15, -0.1) is 0 Å². The Kier molecular flexibility index (Phi) is 4.93. The fourth-order valence-electron chi connectivity index (χ4n) is 2.40. The van der Waals surface area contributed by atoms with E-state index in [0.717, 1.165) is 26.1 Å². The number of aromatic nitrogens is 1. The molecule has 7 heteroatoms. The minimum absolute atomic E-state index is 0.0288. The quantitative estimate of drug-likeness (QED) is 0.670. The first kappa shape index (κ1) is 15.2. The molecule has 1 aromatic rings. The van der Waals surface area contributed by atoms with Crippen LogP contribution in [0.2, 0.25) is 0 Å². The lowest BCUT2D eigenvalue weighted by atomic mass is 9.93. The van der Waals surface area contributed by atoms with Crippen LogP contribution in [0.5, 0.6) is 0 Å². The molecule has 110 valence electrons. The molecule has 1 aliphatic rings. The van der Waals surface area contributed by atoms with E-state index in [1.54, 1.807) is 6.92 Å². The van der Waals surface area contributed by atoms with Gasteiger partial charge in [0.05, 0.1) is 9.40 Å². The van der Waals surface area contributed by atoms with Crippen molar-refractivity contribution in [1.82, 2.24) is 4.98 Å². The van der Waals surface area contributed by atoms with E-state index in [2.05, 4.69) is 33.2 Å². The van der Waals surface area contributed by atoms with Crippen molar-refractivity contribution in [3.63, 3.8) is 0 Å². The molecule has 1 N–H and O–H groups in total. The second-order valence-electron chi connectivity index (χ2n) is 5.07. The fraction of sp³-hybridized carbons (Fsp3) is 0.615. The second kappa shape index (κ2) is 6.49. The number of rotatable bonds is 4. The van der Waals surface area contributed by atoms with E-state index < -0.39 is 4.92 Å². The third-order valence-electron chi connectivity index (χ3n) is 3.77. The third-order valence-corrected chi connectivity index (χ3v) is 4.74. The molecule has 0 spiro atoms. The fourth-order valence-corrected chi connectivity index (χ4v) is 2.82. The van der Waals surface area contributed by atoms with Gasteiger partial charge in [0, 0.05) is 24.8 Å². The predicted octanol–water partition coefficient (Wildman–Crippen LogP) is 3.29. The zero-order chi connectivity index (χ0) is 14.7. The maximum absolute atomic E-state index is 10.9. The molecular formula is C13H18BrN3O3. The average Bonchev–Trinajstić information content (AvgIpc) is 2.44. The Morgan fingerprint density at radius 3 is 2.80 bits per heavy atom. The number of anilines is 1. The third kappa shape index (κ3) is 3.27. The molecular weight excluding hydrogens is 326 g/mol. The van der Waals surface area contributed by atoms with Gasteiger partial charge in [-0.2, -0.15) is 0 Å². The zero-order valence-corrected chi connectivity index (χ0v) is 13.1. The predicted molar refractivity (Wildman–Crippen MR) is 80.0 cm³/mol. The molecule has 0 aliphatic carbocycles. The molecule has 1 atom stereocenters. The molecule has 1 fully saturated rings. The van der Waals surface area contributed by atoms with E-state index in [1.165, 1.54) is 6.20 Å². The second-order valence-corrected chi connectivity index (χ2v) is 5.86. The lowest BCUT2D eigenvalue weighted by Gasteiger charge is -2.29. The van der Waals surface area contributed by atoms with Gasteiger partial charge in [0.1, 0.15) is 12.0 Å². The average molecular weight is 344 g/mol. The van der Waals surface area contributed by atoms with Crippen LogP contribution in [0.4, 0.5) is 11.5 Å². The number of hydrogen-bond acceptors (Lipinski definition) is 5. The lowest BCUT2D eigenvalue weighted by Crippen LogP contribution is -2.31. The van der Waals surface area contributed by atoms with E-state index in [-0.39, 0.29) is 11.7 Å². The van der Waals surface area contributed by atoms with Crippen LogP contribution in [0.1, 0.15) is 25.3 Å². The van der Waals surface area contributed by atoms with E-state index in [1.807, 2.05) is 0 Å². The van der Waals surface area contributed by atoms with Gasteiger partial charge in [-0.25, -0.2) is 4.98 Å². The van der Waals surface area contributed by atoms with Gasteiger partial charge < -0.3 is 10.1 Å². The Morgan fingerprint density at radius 1 is 1.55 bits per heavy atom. The van der Waals surface area contributed by atoms with Crippen LogP contribution in [-0.2, 0) is 4.74 Å². The molecule has 1 unspecified atom stereocenters. The van der Waals surface area contributed by atoms with Crippen LogP contribution < -0.4 is 5.32 Å². The normalized spacial score (nSPS) is 17.8. The van der Waals surface area contributed by atoms with Crippen molar-refractivity contribution in [2.24, 2.45) is 5.92 Å². The molecule has 20 heavy (non-hydrogen) atoms. The standard InChI is InChI=1S/C13H18BrN3O3/c1-8-11(17(18)19)7-15-13(12(8)14)16-9(2)10-3-5-20-6-4-10/h7,9-10H,3-6H2,1-2H3,(H,15,16).